The number of rotatable bonds is 14. The molecule has 1 atom stereocenters. The van der Waals surface area contributed by atoms with Gasteiger partial charge in [0.15, 0.2) is 0 Å². The van der Waals surface area contributed by atoms with Gasteiger partial charge in [-0.2, -0.15) is 0 Å². The monoisotopic (exact) mass is 457 g/mol. The molecule has 1 aromatic carbocycles. The van der Waals surface area contributed by atoms with E-state index in [9.17, 15) is 9.59 Å². The molecular formula is C26H39N3O4. The molecule has 2 amide bonds. The minimum absolute atomic E-state index is 0.00930. The zero-order valence-corrected chi connectivity index (χ0v) is 20.8. The third-order valence-corrected chi connectivity index (χ3v) is 5.94. The molecule has 2 aromatic rings. The predicted octanol–water partition coefficient (Wildman–Crippen LogP) is 3.95. The highest BCUT2D eigenvalue weighted by atomic mass is 16.5. The molecule has 0 spiro atoms. The number of hydrogen-bond acceptors (Lipinski definition) is 4. The van der Waals surface area contributed by atoms with Crippen LogP contribution >= 0.6 is 0 Å². The molecule has 0 aliphatic carbocycles. The molecule has 0 radical (unpaired) electrons. The molecule has 7 nitrogen and oxygen atoms in total. The summed E-state index contributed by atoms with van der Waals surface area (Å²) >= 11 is 0. The lowest BCUT2D eigenvalue weighted by atomic mass is 10.2. The first-order valence-electron chi connectivity index (χ1n) is 11.8. The Hall–Kier alpha value is -2.80. The first-order chi connectivity index (χ1) is 15.9. The average Bonchev–Trinajstić information content (AvgIpc) is 3.27. The van der Waals surface area contributed by atoms with Crippen LogP contribution in [0.5, 0.6) is 5.75 Å². The van der Waals surface area contributed by atoms with E-state index < -0.39 is 0 Å². The van der Waals surface area contributed by atoms with E-state index in [2.05, 4.69) is 30.5 Å². The van der Waals surface area contributed by atoms with Crippen molar-refractivity contribution < 1.29 is 19.1 Å². The largest absolute Gasteiger partial charge is 0.497 e. The van der Waals surface area contributed by atoms with Crippen LogP contribution in [0.25, 0.3) is 0 Å². The number of carbonyl (C=O) groups excluding carboxylic acids is 2. The lowest BCUT2D eigenvalue weighted by Crippen LogP contribution is -2.46. The van der Waals surface area contributed by atoms with Crippen LogP contribution in [0.3, 0.4) is 0 Å². The van der Waals surface area contributed by atoms with Crippen molar-refractivity contribution in [3.63, 3.8) is 0 Å². The summed E-state index contributed by atoms with van der Waals surface area (Å²) in [6, 6.07) is 12.1. The molecule has 7 heteroatoms. The van der Waals surface area contributed by atoms with Crippen LogP contribution < -0.4 is 4.74 Å². The quantitative estimate of drug-likeness (QED) is 0.403. The highest BCUT2D eigenvalue weighted by Gasteiger charge is 2.24. The van der Waals surface area contributed by atoms with Crippen molar-refractivity contribution >= 4 is 11.8 Å². The van der Waals surface area contributed by atoms with Gasteiger partial charge in [0, 0.05) is 51.2 Å². The minimum Gasteiger partial charge on any atom is -0.497 e. The Morgan fingerprint density at radius 3 is 2.55 bits per heavy atom. The van der Waals surface area contributed by atoms with E-state index >= 15 is 0 Å². The van der Waals surface area contributed by atoms with Gasteiger partial charge in [-0.05, 0) is 49.6 Å². The van der Waals surface area contributed by atoms with Crippen molar-refractivity contribution in [2.24, 2.45) is 0 Å². The van der Waals surface area contributed by atoms with E-state index in [4.69, 9.17) is 9.47 Å². The van der Waals surface area contributed by atoms with Crippen LogP contribution in [-0.2, 0) is 27.4 Å². The fraction of sp³-hybridized carbons (Fsp3) is 0.538. The highest BCUT2D eigenvalue weighted by Crippen LogP contribution is 2.17. The Morgan fingerprint density at radius 1 is 1.09 bits per heavy atom. The van der Waals surface area contributed by atoms with Gasteiger partial charge >= 0.3 is 0 Å². The molecule has 0 aliphatic rings. The number of nitrogens with zero attached hydrogens (tertiary/aromatic N) is 3. The molecule has 2 rings (SSSR count). The molecular weight excluding hydrogens is 418 g/mol. The Kier molecular flexibility index (Phi) is 11.0. The fourth-order valence-electron chi connectivity index (χ4n) is 3.77. The summed E-state index contributed by atoms with van der Waals surface area (Å²) in [5.41, 5.74) is 2.19. The number of amides is 2. The molecule has 0 fully saturated rings. The standard InChI is InChI=1S/C26H39N3O4/c1-6-21(3)29(26(31)20-28(25(30)7-2)15-10-16-32-4)19-23-12-9-14-27(23)18-22-11-8-13-24(17-22)33-5/h8-9,11-14,17,21H,6-7,10,15-16,18-20H2,1-5H3. The SMILES string of the molecule is CCC(=O)N(CCCOC)CC(=O)N(Cc1cccn1Cc1cccc(OC)c1)C(C)CC. The zero-order chi connectivity index (χ0) is 24.2. The molecule has 0 saturated carbocycles. The van der Waals surface area contributed by atoms with Crippen molar-refractivity contribution in [2.45, 2.75) is 59.2 Å². The molecule has 182 valence electrons. The third kappa shape index (κ3) is 7.93. The summed E-state index contributed by atoms with van der Waals surface area (Å²) in [6.07, 6.45) is 3.97. The molecule has 1 aromatic heterocycles. The number of carbonyl (C=O) groups is 2. The Balaban J connectivity index is 2.16. The first kappa shape index (κ1) is 26.5. The van der Waals surface area contributed by atoms with Crippen LogP contribution in [0.15, 0.2) is 42.6 Å². The molecule has 1 heterocycles. The van der Waals surface area contributed by atoms with E-state index in [0.717, 1.165) is 23.4 Å². The van der Waals surface area contributed by atoms with Crippen LogP contribution in [0.1, 0.15) is 51.3 Å². The van der Waals surface area contributed by atoms with E-state index in [1.165, 1.54) is 0 Å². The maximum absolute atomic E-state index is 13.4. The average molecular weight is 458 g/mol. The molecule has 33 heavy (non-hydrogen) atoms. The summed E-state index contributed by atoms with van der Waals surface area (Å²) in [7, 11) is 3.31. The van der Waals surface area contributed by atoms with Gasteiger partial charge in [0.2, 0.25) is 11.8 Å². The highest BCUT2D eigenvalue weighted by molar-refractivity contribution is 5.84. The van der Waals surface area contributed by atoms with Crippen LogP contribution in [-0.4, -0.2) is 66.1 Å². The van der Waals surface area contributed by atoms with Crippen LogP contribution in [0, 0.1) is 0 Å². The Bertz CT molecular complexity index is 880. The fourth-order valence-corrected chi connectivity index (χ4v) is 3.77. The van der Waals surface area contributed by atoms with Gasteiger partial charge in [-0.3, -0.25) is 9.59 Å². The lowest BCUT2D eigenvalue weighted by molar-refractivity contribution is -0.142. The smallest absolute Gasteiger partial charge is 0.242 e. The van der Waals surface area contributed by atoms with Gasteiger partial charge in [0.1, 0.15) is 5.75 Å². The summed E-state index contributed by atoms with van der Waals surface area (Å²) in [5.74, 6) is 0.787. The normalized spacial score (nSPS) is 11.8. The number of hydrogen-bond donors (Lipinski definition) is 0. The van der Waals surface area contributed by atoms with Gasteiger partial charge in [-0.15, -0.1) is 0 Å². The van der Waals surface area contributed by atoms with Crippen molar-refractivity contribution in [3.05, 3.63) is 53.9 Å². The summed E-state index contributed by atoms with van der Waals surface area (Å²) < 4.78 is 12.6. The number of benzene rings is 1. The topological polar surface area (TPSA) is 64.0 Å². The van der Waals surface area contributed by atoms with Crippen molar-refractivity contribution in [1.29, 1.82) is 0 Å². The van der Waals surface area contributed by atoms with Crippen LogP contribution in [0.2, 0.25) is 0 Å². The van der Waals surface area contributed by atoms with Gasteiger partial charge < -0.3 is 23.8 Å². The van der Waals surface area contributed by atoms with Crippen molar-refractivity contribution in [1.82, 2.24) is 14.4 Å². The first-order valence-corrected chi connectivity index (χ1v) is 11.8. The third-order valence-electron chi connectivity index (χ3n) is 5.94. The molecule has 0 bridgehead atoms. The molecule has 1 unspecified atom stereocenters. The van der Waals surface area contributed by atoms with E-state index in [-0.39, 0.29) is 24.4 Å². The van der Waals surface area contributed by atoms with Crippen molar-refractivity contribution in [3.8, 4) is 5.75 Å². The molecule has 0 saturated heterocycles. The molecule has 0 N–H and O–H groups in total. The number of aromatic nitrogens is 1. The van der Waals surface area contributed by atoms with Crippen LogP contribution in [0.4, 0.5) is 0 Å². The van der Waals surface area contributed by atoms with E-state index in [1.54, 1.807) is 19.1 Å². The maximum Gasteiger partial charge on any atom is 0.242 e. The number of methoxy groups -OCH3 is 2. The molecule has 0 aliphatic heterocycles. The minimum atomic E-state index is -0.0299. The second-order valence-electron chi connectivity index (χ2n) is 8.27. The van der Waals surface area contributed by atoms with Gasteiger partial charge in [-0.25, -0.2) is 0 Å². The summed E-state index contributed by atoms with van der Waals surface area (Å²) in [4.78, 5) is 29.3. The maximum atomic E-state index is 13.4. The number of ether oxygens (including phenoxy) is 2. The lowest BCUT2D eigenvalue weighted by Gasteiger charge is -2.32. The predicted molar refractivity (Wildman–Crippen MR) is 130 cm³/mol. The zero-order valence-electron chi connectivity index (χ0n) is 20.8. The summed E-state index contributed by atoms with van der Waals surface area (Å²) in [5, 5.41) is 0. The van der Waals surface area contributed by atoms with Gasteiger partial charge in [0.25, 0.3) is 0 Å². The Morgan fingerprint density at radius 2 is 1.88 bits per heavy atom. The van der Waals surface area contributed by atoms with Crippen molar-refractivity contribution in [2.75, 3.05) is 33.9 Å². The van der Waals surface area contributed by atoms with Gasteiger partial charge in [-0.1, -0.05) is 26.0 Å². The van der Waals surface area contributed by atoms with E-state index in [1.807, 2.05) is 42.3 Å². The summed E-state index contributed by atoms with van der Waals surface area (Å²) in [6.45, 7) is 8.33. The second-order valence-corrected chi connectivity index (χ2v) is 8.27. The van der Waals surface area contributed by atoms with E-state index in [0.29, 0.717) is 39.1 Å². The second kappa shape index (κ2) is 13.7. The Labute approximate surface area is 198 Å². The van der Waals surface area contributed by atoms with Gasteiger partial charge in [0.05, 0.1) is 20.2 Å².